The lowest BCUT2D eigenvalue weighted by molar-refractivity contribution is -0.138. The molecule has 1 N–H and O–H groups in total. The fourth-order valence-electron chi connectivity index (χ4n) is 1.40. The zero-order chi connectivity index (χ0) is 13.2. The highest BCUT2D eigenvalue weighted by atomic mass is 32.1. The van der Waals surface area contributed by atoms with Crippen molar-refractivity contribution in [1.29, 1.82) is 0 Å². The molecule has 0 aromatic carbocycles. The molecule has 2 aromatic heterocycles. The number of halogens is 3. The molecule has 0 fully saturated rings. The molecule has 0 spiro atoms. The maximum Gasteiger partial charge on any atom is 0.445 e. The second-order valence-corrected chi connectivity index (χ2v) is 5.46. The van der Waals surface area contributed by atoms with E-state index in [0.29, 0.717) is 17.9 Å². The summed E-state index contributed by atoms with van der Waals surface area (Å²) in [6.07, 6.45) is -3.51. The van der Waals surface area contributed by atoms with Crippen LogP contribution in [0, 0.1) is 0 Å². The van der Waals surface area contributed by atoms with Gasteiger partial charge in [0.15, 0.2) is 0 Å². The van der Waals surface area contributed by atoms with Crippen LogP contribution in [0.2, 0.25) is 0 Å². The maximum atomic E-state index is 12.3. The highest BCUT2D eigenvalue weighted by Crippen LogP contribution is 2.33. The molecule has 0 saturated carbocycles. The number of nitrogens with zero attached hydrogens (tertiary/aromatic N) is 2. The predicted octanol–water partition coefficient (Wildman–Crippen LogP) is 3.79. The summed E-state index contributed by atoms with van der Waals surface area (Å²) in [5.41, 5.74) is 1.20. The first-order chi connectivity index (χ1) is 8.50. The van der Waals surface area contributed by atoms with Gasteiger partial charge >= 0.3 is 6.18 Å². The van der Waals surface area contributed by atoms with Gasteiger partial charge in [-0.15, -0.1) is 21.5 Å². The standard InChI is InChI=1S/C10H10F3N3S2/c1-2-6-3-4-17-7(6)5-14-9-16-15-8(18-9)10(11,12)13/h3-4H,2,5H2,1H3,(H,14,16). The summed E-state index contributed by atoms with van der Waals surface area (Å²) >= 11 is 2.10. The Morgan fingerprint density at radius 2 is 2.11 bits per heavy atom. The molecule has 8 heteroatoms. The van der Waals surface area contributed by atoms with Crippen LogP contribution < -0.4 is 5.32 Å². The van der Waals surface area contributed by atoms with Crippen LogP contribution in [0.5, 0.6) is 0 Å². The molecule has 0 bridgehead atoms. The van der Waals surface area contributed by atoms with Gasteiger partial charge in [-0.2, -0.15) is 13.2 Å². The fraction of sp³-hybridized carbons (Fsp3) is 0.400. The van der Waals surface area contributed by atoms with Gasteiger partial charge in [0.2, 0.25) is 10.1 Å². The number of hydrogen-bond acceptors (Lipinski definition) is 5. The number of rotatable bonds is 4. The lowest BCUT2D eigenvalue weighted by Crippen LogP contribution is -2.03. The van der Waals surface area contributed by atoms with E-state index in [1.54, 1.807) is 11.3 Å². The van der Waals surface area contributed by atoms with Crippen molar-refractivity contribution in [3.05, 3.63) is 26.9 Å². The monoisotopic (exact) mass is 293 g/mol. The van der Waals surface area contributed by atoms with Gasteiger partial charge in [0, 0.05) is 4.88 Å². The van der Waals surface area contributed by atoms with Crippen molar-refractivity contribution in [3.8, 4) is 0 Å². The SMILES string of the molecule is CCc1ccsc1CNc1nnc(C(F)(F)F)s1. The fourth-order valence-corrected chi connectivity index (χ4v) is 2.92. The Labute approximate surface area is 110 Å². The summed E-state index contributed by atoms with van der Waals surface area (Å²) in [7, 11) is 0. The molecular weight excluding hydrogens is 283 g/mol. The lowest BCUT2D eigenvalue weighted by atomic mass is 10.2. The first kappa shape index (κ1) is 13.3. The summed E-state index contributed by atoms with van der Waals surface area (Å²) in [4.78, 5) is 1.11. The minimum Gasteiger partial charge on any atom is -0.355 e. The first-order valence-electron chi connectivity index (χ1n) is 5.20. The van der Waals surface area contributed by atoms with E-state index in [0.717, 1.165) is 11.3 Å². The molecule has 18 heavy (non-hydrogen) atoms. The van der Waals surface area contributed by atoms with Gasteiger partial charge < -0.3 is 5.32 Å². The highest BCUT2D eigenvalue weighted by molar-refractivity contribution is 7.15. The average molecular weight is 293 g/mol. The minimum absolute atomic E-state index is 0.192. The van der Waals surface area contributed by atoms with Crippen LogP contribution in [0.15, 0.2) is 11.4 Å². The van der Waals surface area contributed by atoms with Crippen molar-refractivity contribution in [2.24, 2.45) is 0 Å². The summed E-state index contributed by atoms with van der Waals surface area (Å²) in [5.74, 6) is 0. The van der Waals surface area contributed by atoms with Crippen LogP contribution in [-0.4, -0.2) is 10.2 Å². The maximum absolute atomic E-state index is 12.3. The second-order valence-electron chi connectivity index (χ2n) is 3.49. The van der Waals surface area contributed by atoms with Gasteiger partial charge in [0.05, 0.1) is 6.54 Å². The molecule has 3 nitrogen and oxygen atoms in total. The van der Waals surface area contributed by atoms with Gasteiger partial charge in [-0.25, -0.2) is 0 Å². The van der Waals surface area contributed by atoms with Crippen molar-refractivity contribution in [2.75, 3.05) is 5.32 Å². The van der Waals surface area contributed by atoms with Gasteiger partial charge in [-0.05, 0) is 23.4 Å². The zero-order valence-corrected chi connectivity index (χ0v) is 11.0. The van der Waals surface area contributed by atoms with E-state index < -0.39 is 11.2 Å². The largest absolute Gasteiger partial charge is 0.445 e. The van der Waals surface area contributed by atoms with E-state index in [-0.39, 0.29) is 5.13 Å². The van der Waals surface area contributed by atoms with Crippen LogP contribution in [0.25, 0.3) is 0 Å². The number of nitrogens with one attached hydrogen (secondary N) is 1. The number of alkyl halides is 3. The molecule has 0 radical (unpaired) electrons. The normalized spacial score (nSPS) is 11.8. The van der Waals surface area contributed by atoms with Gasteiger partial charge in [0.25, 0.3) is 0 Å². The molecule has 0 aliphatic carbocycles. The Morgan fingerprint density at radius 1 is 1.33 bits per heavy atom. The Kier molecular flexibility index (Phi) is 3.86. The van der Waals surface area contributed by atoms with Crippen molar-refractivity contribution in [1.82, 2.24) is 10.2 Å². The van der Waals surface area contributed by atoms with Crippen LogP contribution in [-0.2, 0) is 19.1 Å². The molecule has 0 aliphatic rings. The van der Waals surface area contributed by atoms with E-state index in [1.807, 2.05) is 18.4 Å². The number of thiophene rings is 1. The zero-order valence-electron chi connectivity index (χ0n) is 9.41. The van der Waals surface area contributed by atoms with Crippen molar-refractivity contribution < 1.29 is 13.2 Å². The predicted molar refractivity (Wildman–Crippen MR) is 65.9 cm³/mol. The first-order valence-corrected chi connectivity index (χ1v) is 6.90. The van der Waals surface area contributed by atoms with E-state index in [2.05, 4.69) is 15.5 Å². The summed E-state index contributed by atoms with van der Waals surface area (Å²) < 4.78 is 36.9. The van der Waals surface area contributed by atoms with E-state index >= 15 is 0 Å². The Hall–Kier alpha value is -1.15. The number of hydrogen-bond donors (Lipinski definition) is 1. The van der Waals surface area contributed by atoms with E-state index in [4.69, 9.17) is 0 Å². The lowest BCUT2D eigenvalue weighted by Gasteiger charge is -2.02. The molecule has 2 heterocycles. The Balaban J connectivity index is 2.01. The molecule has 0 aliphatic heterocycles. The molecular formula is C10H10F3N3S2. The van der Waals surface area contributed by atoms with Crippen molar-refractivity contribution in [3.63, 3.8) is 0 Å². The van der Waals surface area contributed by atoms with Crippen molar-refractivity contribution >= 4 is 27.8 Å². The summed E-state index contributed by atoms with van der Waals surface area (Å²) in [5, 5.41) is 10.7. The molecule has 0 amide bonds. The molecule has 98 valence electrons. The van der Waals surface area contributed by atoms with E-state index in [1.165, 1.54) is 5.56 Å². The smallest absolute Gasteiger partial charge is 0.355 e. The topological polar surface area (TPSA) is 37.8 Å². The molecule has 0 atom stereocenters. The number of anilines is 1. The van der Waals surface area contributed by atoms with Crippen LogP contribution >= 0.6 is 22.7 Å². The van der Waals surface area contributed by atoms with Crippen LogP contribution in [0.3, 0.4) is 0 Å². The molecule has 2 aromatic rings. The van der Waals surface area contributed by atoms with Crippen LogP contribution in [0.4, 0.5) is 18.3 Å². The summed E-state index contributed by atoms with van der Waals surface area (Å²) in [6, 6.07) is 2.02. The molecule has 0 saturated heterocycles. The van der Waals surface area contributed by atoms with E-state index in [9.17, 15) is 13.2 Å². The molecule has 0 unspecified atom stereocenters. The van der Waals surface area contributed by atoms with Crippen LogP contribution in [0.1, 0.15) is 22.4 Å². The third-order valence-corrected chi connectivity index (χ3v) is 4.18. The quantitative estimate of drug-likeness (QED) is 0.932. The average Bonchev–Trinajstić information content (AvgIpc) is 2.94. The second kappa shape index (κ2) is 5.23. The third kappa shape index (κ3) is 2.99. The Morgan fingerprint density at radius 3 is 2.72 bits per heavy atom. The number of aromatic nitrogens is 2. The van der Waals surface area contributed by atoms with Crippen molar-refractivity contribution in [2.45, 2.75) is 26.1 Å². The van der Waals surface area contributed by atoms with Gasteiger partial charge in [0.1, 0.15) is 0 Å². The van der Waals surface area contributed by atoms with Gasteiger partial charge in [-0.3, -0.25) is 0 Å². The third-order valence-electron chi connectivity index (χ3n) is 2.29. The number of aryl methyl sites for hydroxylation is 1. The minimum atomic E-state index is -4.42. The highest BCUT2D eigenvalue weighted by Gasteiger charge is 2.35. The summed E-state index contributed by atoms with van der Waals surface area (Å²) in [6.45, 7) is 2.52. The van der Waals surface area contributed by atoms with Gasteiger partial charge in [-0.1, -0.05) is 18.3 Å². The molecule has 2 rings (SSSR count). The Bertz CT molecular complexity index is 518.